The number of carbonyl (C=O) groups is 1. The van der Waals surface area contributed by atoms with Crippen LogP contribution in [0.4, 0.5) is 4.79 Å². The molecule has 2 amide bonds. The molecule has 0 fully saturated rings. The Morgan fingerprint density at radius 2 is 1.83 bits per heavy atom. The lowest BCUT2D eigenvalue weighted by atomic mass is 10.2. The number of methoxy groups -OCH3 is 1. The topological polar surface area (TPSA) is 50.8 Å². The number of amides is 2. The Balaban J connectivity index is 1.69. The first-order chi connectivity index (χ1) is 11.2. The number of nitrogens with one attached hydrogen (secondary N) is 1. The van der Waals surface area contributed by atoms with Crippen LogP contribution in [-0.4, -0.2) is 38.2 Å². The molecule has 5 heteroatoms. The lowest BCUT2D eigenvalue weighted by Crippen LogP contribution is -2.38. The molecule has 0 bridgehead atoms. The third kappa shape index (κ3) is 5.54. The van der Waals surface area contributed by atoms with Gasteiger partial charge in [-0.3, -0.25) is 0 Å². The van der Waals surface area contributed by atoms with Crippen molar-refractivity contribution >= 4 is 6.03 Å². The van der Waals surface area contributed by atoms with E-state index >= 15 is 0 Å². The van der Waals surface area contributed by atoms with Gasteiger partial charge in [-0.25, -0.2) is 4.79 Å². The van der Waals surface area contributed by atoms with E-state index in [2.05, 4.69) is 5.32 Å². The maximum absolute atomic E-state index is 12.0. The molecule has 0 heterocycles. The van der Waals surface area contributed by atoms with Crippen molar-refractivity contribution in [3.8, 4) is 11.5 Å². The van der Waals surface area contributed by atoms with E-state index < -0.39 is 0 Å². The Morgan fingerprint density at radius 3 is 2.57 bits per heavy atom. The minimum atomic E-state index is -0.122. The van der Waals surface area contributed by atoms with Gasteiger partial charge in [-0.1, -0.05) is 36.4 Å². The summed E-state index contributed by atoms with van der Waals surface area (Å²) in [6, 6.07) is 17.1. The van der Waals surface area contributed by atoms with Gasteiger partial charge in [-0.2, -0.15) is 0 Å². The molecule has 0 aliphatic carbocycles. The second-order valence-electron chi connectivity index (χ2n) is 5.10. The third-order valence-electron chi connectivity index (χ3n) is 3.30. The summed E-state index contributed by atoms with van der Waals surface area (Å²) in [6.45, 7) is 1.41. The summed E-state index contributed by atoms with van der Waals surface area (Å²) in [4.78, 5) is 13.6. The van der Waals surface area contributed by atoms with E-state index in [0.717, 1.165) is 17.1 Å². The van der Waals surface area contributed by atoms with E-state index in [1.54, 1.807) is 19.1 Å². The summed E-state index contributed by atoms with van der Waals surface area (Å²) in [7, 11) is 3.38. The second kappa shape index (κ2) is 8.68. The first kappa shape index (κ1) is 16.7. The standard InChI is InChI=1S/C18H22N2O3/c1-20(14-15-7-4-3-5-8-15)18(21)19-11-12-23-17-10-6-9-16(13-17)22-2/h3-10,13H,11-12,14H2,1-2H3,(H,19,21). The van der Waals surface area contributed by atoms with Crippen molar-refractivity contribution in [3.63, 3.8) is 0 Å². The number of rotatable bonds is 7. The lowest BCUT2D eigenvalue weighted by Gasteiger charge is -2.18. The minimum Gasteiger partial charge on any atom is -0.497 e. The van der Waals surface area contributed by atoms with Crippen LogP contribution in [0.3, 0.4) is 0 Å². The van der Waals surface area contributed by atoms with Gasteiger partial charge < -0.3 is 19.7 Å². The van der Waals surface area contributed by atoms with E-state index in [1.165, 1.54) is 0 Å². The van der Waals surface area contributed by atoms with Crippen molar-refractivity contribution < 1.29 is 14.3 Å². The molecule has 0 saturated carbocycles. The SMILES string of the molecule is COc1cccc(OCCNC(=O)N(C)Cc2ccccc2)c1. The molecule has 0 aliphatic rings. The van der Waals surface area contributed by atoms with Gasteiger partial charge in [0.25, 0.3) is 0 Å². The predicted octanol–water partition coefficient (Wildman–Crippen LogP) is 2.92. The van der Waals surface area contributed by atoms with Crippen LogP contribution in [0.5, 0.6) is 11.5 Å². The fourth-order valence-electron chi connectivity index (χ4n) is 2.08. The molecule has 0 unspecified atom stereocenters. The average Bonchev–Trinajstić information content (AvgIpc) is 2.59. The van der Waals surface area contributed by atoms with Gasteiger partial charge in [0, 0.05) is 19.7 Å². The zero-order chi connectivity index (χ0) is 16.5. The Kier molecular flexibility index (Phi) is 6.29. The van der Waals surface area contributed by atoms with Crippen LogP contribution in [0.1, 0.15) is 5.56 Å². The van der Waals surface area contributed by atoms with Gasteiger partial charge in [-0.15, -0.1) is 0 Å². The number of hydrogen-bond acceptors (Lipinski definition) is 3. The molecule has 2 aromatic carbocycles. The van der Waals surface area contributed by atoms with Crippen LogP contribution in [0.25, 0.3) is 0 Å². The van der Waals surface area contributed by atoms with E-state index in [1.807, 2.05) is 54.6 Å². The van der Waals surface area contributed by atoms with Gasteiger partial charge in [0.05, 0.1) is 13.7 Å². The molecule has 2 rings (SSSR count). The van der Waals surface area contributed by atoms with Crippen molar-refractivity contribution in [2.24, 2.45) is 0 Å². The first-order valence-corrected chi connectivity index (χ1v) is 7.49. The third-order valence-corrected chi connectivity index (χ3v) is 3.30. The monoisotopic (exact) mass is 314 g/mol. The van der Waals surface area contributed by atoms with Gasteiger partial charge in [0.15, 0.2) is 0 Å². The highest BCUT2D eigenvalue weighted by atomic mass is 16.5. The summed E-state index contributed by atoms with van der Waals surface area (Å²) in [6.07, 6.45) is 0. The minimum absolute atomic E-state index is 0.122. The van der Waals surface area contributed by atoms with E-state index in [0.29, 0.717) is 19.7 Å². The zero-order valence-corrected chi connectivity index (χ0v) is 13.5. The molecule has 0 aromatic heterocycles. The van der Waals surface area contributed by atoms with Gasteiger partial charge in [0.2, 0.25) is 0 Å². The quantitative estimate of drug-likeness (QED) is 0.800. The summed E-state index contributed by atoms with van der Waals surface area (Å²) < 4.78 is 10.7. The van der Waals surface area contributed by atoms with Gasteiger partial charge in [0.1, 0.15) is 18.1 Å². The van der Waals surface area contributed by atoms with E-state index in [4.69, 9.17) is 9.47 Å². The molecule has 0 aliphatic heterocycles. The van der Waals surface area contributed by atoms with Crippen molar-refractivity contribution in [1.82, 2.24) is 10.2 Å². The number of ether oxygens (including phenoxy) is 2. The zero-order valence-electron chi connectivity index (χ0n) is 13.5. The smallest absolute Gasteiger partial charge is 0.317 e. The highest BCUT2D eigenvalue weighted by molar-refractivity contribution is 5.73. The Morgan fingerprint density at radius 1 is 1.09 bits per heavy atom. The van der Waals surface area contributed by atoms with Crippen LogP contribution in [0, 0.1) is 0 Å². The Bertz CT molecular complexity index is 617. The van der Waals surface area contributed by atoms with Crippen molar-refractivity contribution in [2.45, 2.75) is 6.54 Å². The maximum atomic E-state index is 12.0. The molecule has 0 saturated heterocycles. The van der Waals surface area contributed by atoms with E-state index in [9.17, 15) is 4.79 Å². The summed E-state index contributed by atoms with van der Waals surface area (Å²) in [5.41, 5.74) is 1.10. The van der Waals surface area contributed by atoms with Gasteiger partial charge >= 0.3 is 6.03 Å². The molecule has 0 atom stereocenters. The van der Waals surface area contributed by atoms with Crippen LogP contribution < -0.4 is 14.8 Å². The van der Waals surface area contributed by atoms with Crippen LogP contribution >= 0.6 is 0 Å². The molecule has 0 spiro atoms. The molecule has 2 aromatic rings. The fraction of sp³-hybridized carbons (Fsp3) is 0.278. The normalized spacial score (nSPS) is 10.0. The van der Waals surface area contributed by atoms with Crippen LogP contribution in [-0.2, 0) is 6.54 Å². The molecule has 0 radical (unpaired) electrons. The number of benzene rings is 2. The maximum Gasteiger partial charge on any atom is 0.317 e. The highest BCUT2D eigenvalue weighted by Crippen LogP contribution is 2.18. The van der Waals surface area contributed by atoms with Crippen molar-refractivity contribution in [1.29, 1.82) is 0 Å². The largest absolute Gasteiger partial charge is 0.497 e. The molecule has 1 N–H and O–H groups in total. The Labute approximate surface area is 136 Å². The van der Waals surface area contributed by atoms with Crippen molar-refractivity contribution in [2.75, 3.05) is 27.3 Å². The van der Waals surface area contributed by atoms with E-state index in [-0.39, 0.29) is 6.03 Å². The first-order valence-electron chi connectivity index (χ1n) is 7.49. The molecule has 122 valence electrons. The summed E-state index contributed by atoms with van der Waals surface area (Å²) in [5, 5.41) is 2.83. The molecular formula is C18H22N2O3. The predicted molar refractivity (Wildman–Crippen MR) is 89.8 cm³/mol. The molecule has 5 nitrogen and oxygen atoms in total. The average molecular weight is 314 g/mol. The highest BCUT2D eigenvalue weighted by Gasteiger charge is 2.08. The number of urea groups is 1. The summed E-state index contributed by atoms with van der Waals surface area (Å²) >= 11 is 0. The number of nitrogens with zero attached hydrogens (tertiary/aromatic N) is 1. The molecule has 23 heavy (non-hydrogen) atoms. The van der Waals surface area contributed by atoms with Gasteiger partial charge in [-0.05, 0) is 17.7 Å². The van der Waals surface area contributed by atoms with Crippen molar-refractivity contribution in [3.05, 3.63) is 60.2 Å². The molecular weight excluding hydrogens is 292 g/mol. The van der Waals surface area contributed by atoms with Crippen LogP contribution in [0.15, 0.2) is 54.6 Å². The Hall–Kier alpha value is -2.69. The lowest BCUT2D eigenvalue weighted by molar-refractivity contribution is 0.203. The number of hydrogen-bond donors (Lipinski definition) is 1. The number of carbonyl (C=O) groups excluding carboxylic acids is 1. The second-order valence-corrected chi connectivity index (χ2v) is 5.10. The van der Waals surface area contributed by atoms with Crippen LogP contribution in [0.2, 0.25) is 0 Å². The fourth-order valence-corrected chi connectivity index (χ4v) is 2.08. The summed E-state index contributed by atoms with van der Waals surface area (Å²) in [5.74, 6) is 1.46.